The summed E-state index contributed by atoms with van der Waals surface area (Å²) in [5, 5.41) is 0. The second-order valence-corrected chi connectivity index (χ2v) is 8.05. The highest BCUT2D eigenvalue weighted by Gasteiger charge is 2.21. The van der Waals surface area contributed by atoms with Gasteiger partial charge in [-0.25, -0.2) is 18.4 Å². The molecule has 1 aliphatic rings. The lowest BCUT2D eigenvalue weighted by Gasteiger charge is -2.26. The van der Waals surface area contributed by atoms with Gasteiger partial charge >= 0.3 is 0 Å². The molecule has 28 heavy (non-hydrogen) atoms. The van der Waals surface area contributed by atoms with Gasteiger partial charge in [0.15, 0.2) is 0 Å². The van der Waals surface area contributed by atoms with Gasteiger partial charge in [-0.3, -0.25) is 4.72 Å². The fraction of sp³-hybridized carbons (Fsp3) is 0.474. The predicted octanol–water partition coefficient (Wildman–Crippen LogP) is 3.07. The third kappa shape index (κ3) is 4.83. The first-order valence-corrected chi connectivity index (χ1v) is 11.0. The third-order valence-electron chi connectivity index (χ3n) is 4.34. The maximum Gasteiger partial charge on any atom is 0.265 e. The van der Waals surface area contributed by atoms with Crippen molar-refractivity contribution in [3.63, 3.8) is 0 Å². The van der Waals surface area contributed by atoms with Crippen molar-refractivity contribution in [1.29, 1.82) is 0 Å². The topological polar surface area (TPSA) is 93.7 Å². The maximum atomic E-state index is 12.9. The molecular formula is C19H26N4O4S. The maximum absolute atomic E-state index is 12.9. The Morgan fingerprint density at radius 3 is 2.36 bits per heavy atom. The van der Waals surface area contributed by atoms with Crippen LogP contribution < -0.4 is 19.1 Å². The van der Waals surface area contributed by atoms with E-state index in [1.54, 1.807) is 19.1 Å². The first kappa shape index (κ1) is 20.2. The van der Waals surface area contributed by atoms with Crippen molar-refractivity contribution in [1.82, 2.24) is 9.97 Å². The smallest absolute Gasteiger partial charge is 0.265 e. The summed E-state index contributed by atoms with van der Waals surface area (Å²) < 4.78 is 39.2. The summed E-state index contributed by atoms with van der Waals surface area (Å²) in [6, 6.07) is 4.66. The van der Waals surface area contributed by atoms with E-state index in [1.807, 2.05) is 6.92 Å². The predicted molar refractivity (Wildman–Crippen MR) is 108 cm³/mol. The molecule has 152 valence electrons. The summed E-state index contributed by atoms with van der Waals surface area (Å²) in [4.78, 5) is 10.8. The van der Waals surface area contributed by atoms with E-state index in [0.29, 0.717) is 30.6 Å². The van der Waals surface area contributed by atoms with Gasteiger partial charge in [0.25, 0.3) is 10.0 Å². The molecule has 8 nitrogen and oxygen atoms in total. The Balaban J connectivity index is 1.79. The van der Waals surface area contributed by atoms with E-state index in [-0.39, 0.29) is 10.6 Å². The number of hydrogen-bond donors (Lipinski definition) is 1. The van der Waals surface area contributed by atoms with Crippen LogP contribution in [0.15, 0.2) is 35.5 Å². The van der Waals surface area contributed by atoms with Crippen molar-refractivity contribution in [2.45, 2.75) is 38.0 Å². The second-order valence-electron chi connectivity index (χ2n) is 6.40. The Bertz CT molecular complexity index is 881. The lowest BCUT2D eigenvalue weighted by atomic mass is 10.1. The van der Waals surface area contributed by atoms with E-state index >= 15 is 0 Å². The Morgan fingerprint density at radius 2 is 1.71 bits per heavy atom. The van der Waals surface area contributed by atoms with Crippen molar-refractivity contribution in [2.24, 2.45) is 0 Å². The summed E-state index contributed by atoms with van der Waals surface area (Å²) in [6.45, 7) is 6.33. The highest BCUT2D eigenvalue weighted by Crippen LogP contribution is 2.30. The largest absolute Gasteiger partial charge is 0.494 e. The summed E-state index contributed by atoms with van der Waals surface area (Å²) in [5.41, 5.74) is 0.303. The third-order valence-corrected chi connectivity index (χ3v) is 5.77. The van der Waals surface area contributed by atoms with Gasteiger partial charge in [0.1, 0.15) is 16.4 Å². The van der Waals surface area contributed by atoms with Crippen molar-refractivity contribution in [3.8, 4) is 11.5 Å². The van der Waals surface area contributed by atoms with Gasteiger partial charge < -0.3 is 14.4 Å². The summed E-state index contributed by atoms with van der Waals surface area (Å²) in [7, 11) is -3.86. The van der Waals surface area contributed by atoms with E-state index in [0.717, 1.165) is 25.9 Å². The van der Waals surface area contributed by atoms with E-state index in [1.165, 1.54) is 24.9 Å². The summed E-state index contributed by atoms with van der Waals surface area (Å²) >= 11 is 0. The molecule has 0 bridgehead atoms. The number of aromatic nitrogens is 2. The highest BCUT2D eigenvalue weighted by atomic mass is 32.2. The molecule has 1 fully saturated rings. The molecule has 0 saturated carbocycles. The molecule has 0 amide bonds. The van der Waals surface area contributed by atoms with Gasteiger partial charge in [0, 0.05) is 19.2 Å². The quantitative estimate of drug-likeness (QED) is 0.720. The fourth-order valence-corrected chi connectivity index (χ4v) is 4.23. The molecule has 0 atom stereocenters. The molecule has 0 aliphatic carbocycles. The van der Waals surface area contributed by atoms with Crippen molar-refractivity contribution >= 4 is 21.7 Å². The fourth-order valence-electron chi connectivity index (χ4n) is 3.08. The molecule has 3 rings (SSSR count). The normalized spacial score (nSPS) is 14.6. The van der Waals surface area contributed by atoms with Crippen LogP contribution in [-0.4, -0.2) is 44.7 Å². The number of nitrogens with one attached hydrogen (secondary N) is 1. The Labute approximate surface area is 166 Å². The van der Waals surface area contributed by atoms with Crippen molar-refractivity contribution in [3.05, 3.63) is 30.6 Å². The Hall–Kier alpha value is -2.55. The van der Waals surface area contributed by atoms with Gasteiger partial charge in [-0.05, 0) is 45.2 Å². The SMILES string of the molecule is CCOc1ccc(S(=O)(=O)Nc2cnc(N3CCCCC3)nc2)c(OCC)c1. The number of benzene rings is 1. The zero-order valence-electron chi connectivity index (χ0n) is 16.2. The lowest BCUT2D eigenvalue weighted by molar-refractivity contribution is 0.317. The second kappa shape index (κ2) is 9.09. The number of nitrogens with zero attached hydrogens (tertiary/aromatic N) is 3. The Kier molecular flexibility index (Phi) is 6.56. The first-order valence-electron chi connectivity index (χ1n) is 9.53. The molecule has 1 aromatic heterocycles. The van der Waals surface area contributed by atoms with Crippen LogP contribution in [0.3, 0.4) is 0 Å². The van der Waals surface area contributed by atoms with Gasteiger partial charge in [-0.1, -0.05) is 0 Å². The number of sulfonamides is 1. The monoisotopic (exact) mass is 406 g/mol. The number of anilines is 2. The van der Waals surface area contributed by atoms with Gasteiger partial charge in [0.2, 0.25) is 5.95 Å². The zero-order chi connectivity index (χ0) is 20.0. The van der Waals surface area contributed by atoms with Crippen LogP contribution in [0.4, 0.5) is 11.6 Å². The van der Waals surface area contributed by atoms with Crippen LogP contribution in [0.2, 0.25) is 0 Å². The molecule has 2 heterocycles. The number of rotatable bonds is 8. The molecule has 1 N–H and O–H groups in total. The lowest BCUT2D eigenvalue weighted by Crippen LogP contribution is -2.30. The molecule has 1 aliphatic heterocycles. The standard InChI is InChI=1S/C19H26N4O4S/c1-3-26-16-8-9-18(17(12-16)27-4-2)28(24,25)22-15-13-20-19(21-14-15)23-10-6-5-7-11-23/h8-9,12-14,22H,3-7,10-11H2,1-2H3. The van der Waals surface area contributed by atoms with Crippen LogP contribution in [0.1, 0.15) is 33.1 Å². The molecule has 0 unspecified atom stereocenters. The Morgan fingerprint density at radius 1 is 1.04 bits per heavy atom. The molecule has 9 heteroatoms. The van der Waals surface area contributed by atoms with Crippen LogP contribution in [-0.2, 0) is 10.0 Å². The zero-order valence-corrected chi connectivity index (χ0v) is 17.0. The van der Waals surface area contributed by atoms with Crippen molar-refractivity contribution < 1.29 is 17.9 Å². The molecule has 0 radical (unpaired) electrons. The molecule has 1 aromatic carbocycles. The molecular weight excluding hydrogens is 380 g/mol. The minimum absolute atomic E-state index is 0.0397. The van der Waals surface area contributed by atoms with E-state index in [9.17, 15) is 8.42 Å². The first-order chi connectivity index (χ1) is 13.5. The minimum Gasteiger partial charge on any atom is -0.494 e. The van der Waals surface area contributed by atoms with Crippen LogP contribution in [0, 0.1) is 0 Å². The minimum atomic E-state index is -3.86. The van der Waals surface area contributed by atoms with Gasteiger partial charge in [-0.15, -0.1) is 0 Å². The van der Waals surface area contributed by atoms with Crippen LogP contribution >= 0.6 is 0 Å². The van der Waals surface area contributed by atoms with Crippen LogP contribution in [0.5, 0.6) is 11.5 Å². The van der Waals surface area contributed by atoms with Crippen LogP contribution in [0.25, 0.3) is 0 Å². The average molecular weight is 407 g/mol. The summed E-state index contributed by atoms with van der Waals surface area (Å²) in [6.07, 6.45) is 6.44. The van der Waals surface area contributed by atoms with E-state index in [4.69, 9.17) is 9.47 Å². The number of piperidine rings is 1. The number of ether oxygens (including phenoxy) is 2. The van der Waals surface area contributed by atoms with E-state index in [2.05, 4.69) is 19.6 Å². The van der Waals surface area contributed by atoms with Gasteiger partial charge in [0.05, 0.1) is 31.3 Å². The van der Waals surface area contributed by atoms with Gasteiger partial charge in [-0.2, -0.15) is 0 Å². The molecule has 0 spiro atoms. The number of hydrogen-bond acceptors (Lipinski definition) is 7. The molecule has 2 aromatic rings. The van der Waals surface area contributed by atoms with E-state index < -0.39 is 10.0 Å². The van der Waals surface area contributed by atoms with Crippen molar-refractivity contribution in [2.75, 3.05) is 35.9 Å². The summed E-state index contributed by atoms with van der Waals surface area (Å²) in [5.74, 6) is 1.42. The molecule has 1 saturated heterocycles. The highest BCUT2D eigenvalue weighted by molar-refractivity contribution is 7.92. The average Bonchev–Trinajstić information content (AvgIpc) is 2.69.